The van der Waals surface area contributed by atoms with E-state index in [0.29, 0.717) is 18.0 Å². The summed E-state index contributed by atoms with van der Waals surface area (Å²) in [4.78, 5) is 2.51. The van der Waals surface area contributed by atoms with Crippen LogP contribution in [0.5, 0.6) is 0 Å². The summed E-state index contributed by atoms with van der Waals surface area (Å²) in [5.41, 5.74) is 0. The maximum Gasteiger partial charge on any atom is 0.0192 e. The van der Waals surface area contributed by atoms with Crippen molar-refractivity contribution < 1.29 is 0 Å². The van der Waals surface area contributed by atoms with Crippen LogP contribution < -0.4 is 5.32 Å². The van der Waals surface area contributed by atoms with Gasteiger partial charge >= 0.3 is 0 Å². The van der Waals surface area contributed by atoms with Crippen LogP contribution in [0, 0.1) is 5.92 Å². The number of rotatable bonds is 8. The highest BCUT2D eigenvalue weighted by molar-refractivity contribution is 4.86. The summed E-state index contributed by atoms with van der Waals surface area (Å²) in [6.45, 7) is 11.8. The van der Waals surface area contributed by atoms with Crippen molar-refractivity contribution in [3.63, 3.8) is 0 Å². The Morgan fingerprint density at radius 3 is 2.50 bits per heavy atom. The first-order valence-electron chi connectivity index (χ1n) is 6.62. The SMILES string of the molecule is C=CCC(C)C(C)NCC(C)N(C)C1CC1. The fourth-order valence-electron chi connectivity index (χ4n) is 2.01. The van der Waals surface area contributed by atoms with Crippen LogP contribution in [0.4, 0.5) is 0 Å². The quantitative estimate of drug-likeness (QED) is 0.638. The molecule has 0 saturated heterocycles. The van der Waals surface area contributed by atoms with Gasteiger partial charge < -0.3 is 5.32 Å². The second-order valence-corrected chi connectivity index (χ2v) is 5.44. The number of hydrogen-bond acceptors (Lipinski definition) is 2. The normalized spacial score (nSPS) is 21.8. The molecule has 16 heavy (non-hydrogen) atoms. The standard InChI is InChI=1S/C14H28N2/c1-6-7-11(2)13(4)15-10-12(3)16(5)14-8-9-14/h6,11-15H,1,7-10H2,2-5H3. The van der Waals surface area contributed by atoms with Gasteiger partial charge in [0.1, 0.15) is 0 Å². The van der Waals surface area contributed by atoms with E-state index in [1.165, 1.54) is 12.8 Å². The first-order valence-corrected chi connectivity index (χ1v) is 6.62. The molecular formula is C14H28N2. The van der Waals surface area contributed by atoms with Gasteiger partial charge in [-0.3, -0.25) is 4.90 Å². The maximum absolute atomic E-state index is 3.80. The third kappa shape index (κ3) is 4.26. The Hall–Kier alpha value is -0.340. The maximum atomic E-state index is 3.80. The van der Waals surface area contributed by atoms with Crippen LogP contribution in [0.3, 0.4) is 0 Å². The Morgan fingerprint density at radius 1 is 1.38 bits per heavy atom. The molecule has 1 saturated carbocycles. The van der Waals surface area contributed by atoms with Gasteiger partial charge in [-0.15, -0.1) is 6.58 Å². The Kier molecular flexibility index (Phi) is 5.50. The number of nitrogens with one attached hydrogen (secondary N) is 1. The van der Waals surface area contributed by atoms with Crippen LogP contribution in [0.1, 0.15) is 40.0 Å². The monoisotopic (exact) mass is 224 g/mol. The first-order chi connectivity index (χ1) is 7.56. The van der Waals surface area contributed by atoms with Gasteiger partial charge in [0.05, 0.1) is 0 Å². The molecule has 0 aliphatic heterocycles. The molecule has 0 amide bonds. The summed E-state index contributed by atoms with van der Waals surface area (Å²) in [6.07, 6.45) is 5.90. The fraction of sp³-hybridized carbons (Fsp3) is 0.857. The molecule has 1 aliphatic rings. The Balaban J connectivity index is 2.19. The Bertz CT molecular complexity index is 211. The lowest BCUT2D eigenvalue weighted by molar-refractivity contribution is 0.230. The van der Waals surface area contributed by atoms with Gasteiger partial charge in [0, 0.05) is 24.7 Å². The molecular weight excluding hydrogens is 196 g/mol. The number of hydrogen-bond donors (Lipinski definition) is 1. The van der Waals surface area contributed by atoms with Crippen molar-refractivity contribution in [2.24, 2.45) is 5.92 Å². The lowest BCUT2D eigenvalue weighted by Crippen LogP contribution is -2.43. The van der Waals surface area contributed by atoms with Gasteiger partial charge in [0.25, 0.3) is 0 Å². The van der Waals surface area contributed by atoms with Crippen molar-refractivity contribution in [2.75, 3.05) is 13.6 Å². The highest BCUT2D eigenvalue weighted by Crippen LogP contribution is 2.26. The van der Waals surface area contributed by atoms with Gasteiger partial charge in [-0.25, -0.2) is 0 Å². The van der Waals surface area contributed by atoms with E-state index in [2.05, 4.69) is 44.6 Å². The lowest BCUT2D eigenvalue weighted by atomic mass is 10.00. The minimum absolute atomic E-state index is 0.577. The zero-order valence-electron chi connectivity index (χ0n) is 11.4. The van der Waals surface area contributed by atoms with E-state index in [-0.39, 0.29) is 0 Å². The average Bonchev–Trinajstić information content (AvgIpc) is 3.08. The van der Waals surface area contributed by atoms with Crippen LogP contribution in [0.2, 0.25) is 0 Å². The van der Waals surface area contributed by atoms with Gasteiger partial charge in [0.2, 0.25) is 0 Å². The molecule has 2 nitrogen and oxygen atoms in total. The van der Waals surface area contributed by atoms with Gasteiger partial charge in [-0.1, -0.05) is 13.0 Å². The van der Waals surface area contributed by atoms with Gasteiger partial charge in [0.15, 0.2) is 0 Å². The third-order valence-corrected chi connectivity index (χ3v) is 3.95. The van der Waals surface area contributed by atoms with Crippen molar-refractivity contribution in [1.29, 1.82) is 0 Å². The number of nitrogens with zero attached hydrogens (tertiary/aromatic N) is 1. The highest BCUT2D eigenvalue weighted by Gasteiger charge is 2.29. The second kappa shape index (κ2) is 6.41. The molecule has 0 spiro atoms. The highest BCUT2D eigenvalue weighted by atomic mass is 15.2. The summed E-state index contributed by atoms with van der Waals surface area (Å²) >= 11 is 0. The Morgan fingerprint density at radius 2 is 2.00 bits per heavy atom. The predicted octanol–water partition coefficient (Wildman–Crippen LogP) is 2.66. The number of likely N-dealkylation sites (N-methyl/N-ethyl adjacent to an activating group) is 1. The van der Waals surface area contributed by atoms with E-state index in [9.17, 15) is 0 Å². The summed E-state index contributed by atoms with van der Waals surface area (Å²) in [5.74, 6) is 0.677. The molecule has 1 aliphatic carbocycles. The molecule has 0 aromatic carbocycles. The van der Waals surface area contributed by atoms with Gasteiger partial charge in [-0.2, -0.15) is 0 Å². The largest absolute Gasteiger partial charge is 0.312 e. The van der Waals surface area contributed by atoms with Crippen LogP contribution >= 0.6 is 0 Å². The van der Waals surface area contributed by atoms with E-state index in [0.717, 1.165) is 19.0 Å². The molecule has 1 fully saturated rings. The van der Waals surface area contributed by atoms with Crippen molar-refractivity contribution in [2.45, 2.75) is 58.2 Å². The van der Waals surface area contributed by atoms with Crippen LogP contribution in [-0.4, -0.2) is 36.6 Å². The van der Waals surface area contributed by atoms with Crippen LogP contribution in [0.25, 0.3) is 0 Å². The molecule has 0 aromatic heterocycles. The molecule has 3 atom stereocenters. The molecule has 0 aromatic rings. The molecule has 0 heterocycles. The van der Waals surface area contributed by atoms with Crippen LogP contribution in [0.15, 0.2) is 12.7 Å². The minimum Gasteiger partial charge on any atom is -0.312 e. The molecule has 2 heteroatoms. The van der Waals surface area contributed by atoms with Crippen molar-refractivity contribution in [3.8, 4) is 0 Å². The molecule has 0 radical (unpaired) electrons. The minimum atomic E-state index is 0.577. The van der Waals surface area contributed by atoms with Crippen molar-refractivity contribution in [3.05, 3.63) is 12.7 Å². The average molecular weight is 224 g/mol. The molecule has 3 unspecified atom stereocenters. The van der Waals surface area contributed by atoms with Crippen molar-refractivity contribution >= 4 is 0 Å². The zero-order chi connectivity index (χ0) is 12.1. The third-order valence-electron chi connectivity index (χ3n) is 3.95. The lowest BCUT2D eigenvalue weighted by Gasteiger charge is -2.28. The Labute approximate surface area is 101 Å². The zero-order valence-corrected chi connectivity index (χ0v) is 11.4. The van der Waals surface area contributed by atoms with Gasteiger partial charge in [-0.05, 0) is 46.1 Å². The summed E-state index contributed by atoms with van der Waals surface area (Å²) in [5, 5.41) is 3.64. The first kappa shape index (κ1) is 13.7. The van der Waals surface area contributed by atoms with E-state index in [1.807, 2.05) is 6.08 Å². The summed E-state index contributed by atoms with van der Waals surface area (Å²) < 4.78 is 0. The molecule has 0 bridgehead atoms. The van der Waals surface area contributed by atoms with E-state index < -0.39 is 0 Å². The second-order valence-electron chi connectivity index (χ2n) is 5.44. The molecule has 94 valence electrons. The summed E-state index contributed by atoms with van der Waals surface area (Å²) in [6, 6.07) is 2.08. The number of allylic oxidation sites excluding steroid dienone is 1. The molecule has 1 rings (SSSR count). The fourth-order valence-corrected chi connectivity index (χ4v) is 2.01. The van der Waals surface area contributed by atoms with E-state index in [4.69, 9.17) is 0 Å². The van der Waals surface area contributed by atoms with Crippen LogP contribution in [-0.2, 0) is 0 Å². The van der Waals surface area contributed by atoms with E-state index >= 15 is 0 Å². The summed E-state index contributed by atoms with van der Waals surface area (Å²) in [7, 11) is 2.25. The predicted molar refractivity (Wildman–Crippen MR) is 71.7 cm³/mol. The topological polar surface area (TPSA) is 15.3 Å². The smallest absolute Gasteiger partial charge is 0.0192 e. The van der Waals surface area contributed by atoms with Crippen molar-refractivity contribution in [1.82, 2.24) is 10.2 Å². The molecule has 1 N–H and O–H groups in total. The van der Waals surface area contributed by atoms with E-state index in [1.54, 1.807) is 0 Å².